The van der Waals surface area contributed by atoms with E-state index < -0.39 is 0 Å². The van der Waals surface area contributed by atoms with E-state index in [1.165, 1.54) is 0 Å². The van der Waals surface area contributed by atoms with E-state index in [1.807, 2.05) is 33.8 Å². The molecule has 0 aromatic carbocycles. The SMILES string of the molecule is Cc1cc(C)nc(NCc2nc(C)c(C)[nH]2)n1. The van der Waals surface area contributed by atoms with E-state index in [0.29, 0.717) is 12.5 Å². The van der Waals surface area contributed by atoms with Gasteiger partial charge in [0.1, 0.15) is 5.82 Å². The Morgan fingerprint density at radius 2 is 1.71 bits per heavy atom. The number of H-pyrrole nitrogens is 1. The molecule has 0 atom stereocenters. The lowest BCUT2D eigenvalue weighted by Crippen LogP contribution is -2.06. The van der Waals surface area contributed by atoms with Crippen molar-refractivity contribution in [3.8, 4) is 0 Å². The van der Waals surface area contributed by atoms with Crippen LogP contribution in [-0.2, 0) is 6.54 Å². The van der Waals surface area contributed by atoms with Crippen molar-refractivity contribution in [2.24, 2.45) is 0 Å². The number of imidazole rings is 1. The van der Waals surface area contributed by atoms with E-state index in [2.05, 4.69) is 25.3 Å². The van der Waals surface area contributed by atoms with Gasteiger partial charge in [-0.25, -0.2) is 15.0 Å². The van der Waals surface area contributed by atoms with Gasteiger partial charge in [-0.3, -0.25) is 0 Å². The molecule has 0 spiro atoms. The van der Waals surface area contributed by atoms with Gasteiger partial charge in [0.2, 0.25) is 5.95 Å². The van der Waals surface area contributed by atoms with Crippen LogP contribution < -0.4 is 5.32 Å². The van der Waals surface area contributed by atoms with Gasteiger partial charge in [-0.2, -0.15) is 0 Å². The zero-order chi connectivity index (χ0) is 12.4. The molecule has 0 radical (unpaired) electrons. The summed E-state index contributed by atoms with van der Waals surface area (Å²) in [6.45, 7) is 8.53. The van der Waals surface area contributed by atoms with Gasteiger partial charge >= 0.3 is 0 Å². The summed E-state index contributed by atoms with van der Waals surface area (Å²) in [5, 5.41) is 3.17. The predicted molar refractivity (Wildman–Crippen MR) is 66.9 cm³/mol. The first kappa shape index (κ1) is 11.6. The van der Waals surface area contributed by atoms with E-state index in [-0.39, 0.29) is 0 Å². The first-order chi connectivity index (χ1) is 8.04. The van der Waals surface area contributed by atoms with Crippen molar-refractivity contribution in [1.82, 2.24) is 19.9 Å². The maximum Gasteiger partial charge on any atom is 0.223 e. The van der Waals surface area contributed by atoms with Crippen molar-refractivity contribution in [1.29, 1.82) is 0 Å². The van der Waals surface area contributed by atoms with Crippen LogP contribution in [0.2, 0.25) is 0 Å². The summed E-state index contributed by atoms with van der Waals surface area (Å²) in [5.41, 5.74) is 4.06. The van der Waals surface area contributed by atoms with Crippen LogP contribution in [-0.4, -0.2) is 19.9 Å². The molecule has 0 saturated carbocycles. The van der Waals surface area contributed by atoms with Crippen LogP contribution in [0.5, 0.6) is 0 Å². The molecule has 90 valence electrons. The van der Waals surface area contributed by atoms with Crippen LogP contribution in [0, 0.1) is 27.7 Å². The molecule has 0 amide bonds. The molecular weight excluding hydrogens is 214 g/mol. The van der Waals surface area contributed by atoms with Crippen LogP contribution in [0.25, 0.3) is 0 Å². The molecular formula is C12H17N5. The molecule has 2 rings (SSSR count). The van der Waals surface area contributed by atoms with Crippen molar-refractivity contribution < 1.29 is 0 Å². The smallest absolute Gasteiger partial charge is 0.223 e. The molecule has 0 bridgehead atoms. The van der Waals surface area contributed by atoms with Gasteiger partial charge in [-0.1, -0.05) is 0 Å². The van der Waals surface area contributed by atoms with E-state index in [9.17, 15) is 0 Å². The summed E-state index contributed by atoms with van der Waals surface area (Å²) in [4.78, 5) is 16.2. The molecule has 0 aliphatic heterocycles. The van der Waals surface area contributed by atoms with Crippen LogP contribution >= 0.6 is 0 Å². The van der Waals surface area contributed by atoms with Gasteiger partial charge in [-0.05, 0) is 33.8 Å². The third-order valence-electron chi connectivity index (χ3n) is 2.57. The number of anilines is 1. The van der Waals surface area contributed by atoms with Gasteiger partial charge < -0.3 is 10.3 Å². The third-order valence-corrected chi connectivity index (χ3v) is 2.57. The van der Waals surface area contributed by atoms with E-state index >= 15 is 0 Å². The van der Waals surface area contributed by atoms with Gasteiger partial charge in [-0.15, -0.1) is 0 Å². The van der Waals surface area contributed by atoms with Crippen molar-refractivity contribution in [2.45, 2.75) is 34.2 Å². The second kappa shape index (κ2) is 4.53. The number of aromatic amines is 1. The van der Waals surface area contributed by atoms with Crippen LogP contribution in [0.1, 0.15) is 28.6 Å². The summed E-state index contributed by atoms with van der Waals surface area (Å²) in [7, 11) is 0. The summed E-state index contributed by atoms with van der Waals surface area (Å²) in [6, 6.07) is 1.95. The minimum absolute atomic E-state index is 0.609. The average molecular weight is 231 g/mol. The predicted octanol–water partition coefficient (Wildman–Crippen LogP) is 2.05. The summed E-state index contributed by atoms with van der Waals surface area (Å²) < 4.78 is 0. The largest absolute Gasteiger partial charge is 0.347 e. The van der Waals surface area contributed by atoms with E-state index in [1.54, 1.807) is 0 Å². The van der Waals surface area contributed by atoms with Crippen molar-refractivity contribution in [2.75, 3.05) is 5.32 Å². The fourth-order valence-corrected chi connectivity index (χ4v) is 1.67. The molecule has 5 nitrogen and oxygen atoms in total. The molecule has 2 N–H and O–H groups in total. The highest BCUT2D eigenvalue weighted by molar-refractivity contribution is 5.28. The van der Waals surface area contributed by atoms with Crippen LogP contribution in [0.15, 0.2) is 6.07 Å². The Labute approximate surface area is 101 Å². The quantitative estimate of drug-likeness (QED) is 0.848. The maximum absolute atomic E-state index is 4.40. The van der Waals surface area contributed by atoms with E-state index in [4.69, 9.17) is 0 Å². The lowest BCUT2D eigenvalue weighted by Gasteiger charge is -2.04. The highest BCUT2D eigenvalue weighted by Gasteiger charge is 2.03. The topological polar surface area (TPSA) is 66.5 Å². The Kier molecular flexibility index (Phi) is 3.08. The Bertz CT molecular complexity index is 490. The van der Waals surface area contributed by atoms with Gasteiger partial charge in [0, 0.05) is 17.1 Å². The number of nitrogens with one attached hydrogen (secondary N) is 2. The zero-order valence-corrected chi connectivity index (χ0v) is 10.6. The fraction of sp³-hybridized carbons (Fsp3) is 0.417. The number of hydrogen-bond acceptors (Lipinski definition) is 4. The lowest BCUT2D eigenvalue weighted by atomic mass is 10.4. The zero-order valence-electron chi connectivity index (χ0n) is 10.6. The molecule has 0 fully saturated rings. The number of rotatable bonds is 3. The number of hydrogen-bond donors (Lipinski definition) is 2. The summed E-state index contributed by atoms with van der Waals surface area (Å²) in [6.07, 6.45) is 0. The molecule has 2 aromatic rings. The first-order valence-corrected chi connectivity index (χ1v) is 5.63. The summed E-state index contributed by atoms with van der Waals surface area (Å²) in [5.74, 6) is 1.55. The molecule has 17 heavy (non-hydrogen) atoms. The lowest BCUT2D eigenvalue weighted by molar-refractivity contribution is 0.943. The monoisotopic (exact) mass is 231 g/mol. The van der Waals surface area contributed by atoms with Crippen molar-refractivity contribution >= 4 is 5.95 Å². The van der Waals surface area contributed by atoms with E-state index in [0.717, 1.165) is 28.6 Å². The molecule has 5 heteroatoms. The highest BCUT2D eigenvalue weighted by atomic mass is 15.1. The standard InChI is InChI=1S/C12H17N5/c1-7-5-8(2)15-12(14-7)13-6-11-16-9(3)10(4)17-11/h5H,6H2,1-4H3,(H,16,17)(H,13,14,15). The molecule has 0 aliphatic carbocycles. The minimum Gasteiger partial charge on any atom is -0.347 e. The van der Waals surface area contributed by atoms with Gasteiger partial charge in [0.25, 0.3) is 0 Å². The second-order valence-corrected chi connectivity index (χ2v) is 4.22. The Hall–Kier alpha value is -1.91. The number of nitrogens with zero attached hydrogens (tertiary/aromatic N) is 3. The molecule has 0 saturated heterocycles. The molecule has 0 unspecified atom stereocenters. The Morgan fingerprint density at radius 3 is 2.24 bits per heavy atom. The first-order valence-electron chi connectivity index (χ1n) is 5.63. The Morgan fingerprint density at radius 1 is 1.06 bits per heavy atom. The normalized spacial score (nSPS) is 10.6. The number of aryl methyl sites for hydroxylation is 4. The van der Waals surface area contributed by atoms with Crippen LogP contribution in [0.4, 0.5) is 5.95 Å². The van der Waals surface area contributed by atoms with Gasteiger partial charge in [0.15, 0.2) is 0 Å². The highest BCUT2D eigenvalue weighted by Crippen LogP contribution is 2.07. The Balaban J connectivity index is 2.07. The van der Waals surface area contributed by atoms with Crippen LogP contribution in [0.3, 0.4) is 0 Å². The fourth-order valence-electron chi connectivity index (χ4n) is 1.67. The van der Waals surface area contributed by atoms with Gasteiger partial charge in [0.05, 0.1) is 12.2 Å². The number of aromatic nitrogens is 4. The molecule has 2 heterocycles. The van der Waals surface area contributed by atoms with Crippen molar-refractivity contribution in [3.63, 3.8) is 0 Å². The van der Waals surface area contributed by atoms with Crippen molar-refractivity contribution in [3.05, 3.63) is 34.7 Å². The summed E-state index contributed by atoms with van der Waals surface area (Å²) >= 11 is 0. The third kappa shape index (κ3) is 2.81. The maximum atomic E-state index is 4.40. The second-order valence-electron chi connectivity index (χ2n) is 4.22. The molecule has 2 aromatic heterocycles. The average Bonchev–Trinajstić information content (AvgIpc) is 2.54. The molecule has 0 aliphatic rings. The minimum atomic E-state index is 0.609.